The van der Waals surface area contributed by atoms with Crippen LogP contribution in [0.15, 0.2) is 54.6 Å². The van der Waals surface area contributed by atoms with Crippen molar-refractivity contribution < 1.29 is 73.5 Å². The first-order chi connectivity index (χ1) is 33.5. The van der Waals surface area contributed by atoms with Crippen LogP contribution in [0.4, 0.5) is 0 Å². The fourth-order valence-corrected chi connectivity index (χ4v) is 6.88. The third kappa shape index (κ3) is 21.1. The summed E-state index contributed by atoms with van der Waals surface area (Å²) in [6.45, 7) is 3.54. The number of nitrogens with two attached hydrogens (primary N) is 3. The number of rotatable bonds is 32. The van der Waals surface area contributed by atoms with E-state index in [1.165, 1.54) is 24.3 Å². The van der Waals surface area contributed by atoms with Crippen LogP contribution in [-0.4, -0.2) is 152 Å². The molecule has 25 nitrogen and oxygen atoms in total. The Labute approximate surface area is 409 Å². The number of primary amides is 1. The summed E-state index contributed by atoms with van der Waals surface area (Å²) in [4.78, 5) is 130. The highest BCUT2D eigenvalue weighted by Gasteiger charge is 2.36. The monoisotopic (exact) mass is 1000 g/mol. The number of carbonyl (C=O) groups is 10. The number of benzene rings is 2. The van der Waals surface area contributed by atoms with Crippen molar-refractivity contribution in [2.75, 3.05) is 13.2 Å². The van der Waals surface area contributed by atoms with Gasteiger partial charge in [-0.15, -0.1) is 0 Å². The van der Waals surface area contributed by atoms with Crippen molar-refractivity contribution in [3.63, 3.8) is 0 Å². The summed E-state index contributed by atoms with van der Waals surface area (Å²) >= 11 is 0. The molecule has 0 aliphatic carbocycles. The maximum atomic E-state index is 14.3. The Morgan fingerprint density at radius 1 is 0.592 bits per heavy atom. The molecule has 0 aromatic heterocycles. The number of carboxylic acids is 2. The molecule has 0 saturated heterocycles. The van der Waals surface area contributed by atoms with Gasteiger partial charge in [0.1, 0.15) is 48.0 Å². The number of aliphatic carboxylic acids is 2. The molecule has 18 N–H and O–H groups in total. The molecule has 0 unspecified atom stereocenters. The average Bonchev–Trinajstić information content (AvgIpc) is 3.31. The number of unbranched alkanes of at least 4 members (excludes halogenated alkanes) is 1. The fraction of sp³-hybridized carbons (Fsp3) is 0.522. The minimum atomic E-state index is -1.83. The number of nitrogens with one attached hydrogen (secondary N) is 7. The van der Waals surface area contributed by atoms with E-state index in [1.807, 2.05) is 0 Å². The Kier molecular flexibility index (Phi) is 25.6. The van der Waals surface area contributed by atoms with Gasteiger partial charge in [0.15, 0.2) is 0 Å². The number of aliphatic hydroxyl groups is 2. The van der Waals surface area contributed by atoms with Crippen molar-refractivity contribution in [2.24, 2.45) is 23.1 Å². The number of carbonyl (C=O) groups excluding carboxylic acids is 8. The van der Waals surface area contributed by atoms with Crippen molar-refractivity contribution in [1.82, 2.24) is 37.2 Å². The number of hydrogen-bond donors (Lipinski definition) is 15. The summed E-state index contributed by atoms with van der Waals surface area (Å²) in [6.07, 6.45) is -2.74. The molecule has 2 aromatic rings. The van der Waals surface area contributed by atoms with E-state index >= 15 is 0 Å². The van der Waals surface area contributed by atoms with Crippen molar-refractivity contribution in [3.8, 4) is 5.75 Å². The molecule has 25 heteroatoms. The predicted octanol–water partition coefficient (Wildman–Crippen LogP) is -3.73. The lowest BCUT2D eigenvalue weighted by molar-refractivity contribution is -0.142. The van der Waals surface area contributed by atoms with Crippen LogP contribution in [0.1, 0.15) is 76.8 Å². The zero-order chi connectivity index (χ0) is 53.4. The van der Waals surface area contributed by atoms with Crippen LogP contribution in [0, 0.1) is 5.92 Å². The molecule has 71 heavy (non-hydrogen) atoms. The summed E-state index contributed by atoms with van der Waals surface area (Å²) in [7, 11) is 0. The highest BCUT2D eigenvalue weighted by molar-refractivity contribution is 5.98. The molecule has 2 aromatic carbocycles. The molecule has 0 aliphatic heterocycles. The minimum Gasteiger partial charge on any atom is -0.508 e. The molecule has 0 spiro atoms. The number of amides is 8. The van der Waals surface area contributed by atoms with Gasteiger partial charge in [-0.2, -0.15) is 0 Å². The lowest BCUT2D eigenvalue weighted by Gasteiger charge is -2.29. The van der Waals surface area contributed by atoms with Gasteiger partial charge in [-0.05, 0) is 68.3 Å². The van der Waals surface area contributed by atoms with E-state index in [2.05, 4.69) is 37.2 Å². The Hall–Kier alpha value is -7.22. The molecule has 0 bridgehead atoms. The van der Waals surface area contributed by atoms with Crippen LogP contribution in [0.3, 0.4) is 0 Å². The third-order valence-corrected chi connectivity index (χ3v) is 11.2. The normalized spacial score (nSPS) is 15.3. The van der Waals surface area contributed by atoms with Crippen molar-refractivity contribution in [2.45, 2.75) is 133 Å². The van der Waals surface area contributed by atoms with E-state index in [0.717, 1.165) is 6.92 Å². The van der Waals surface area contributed by atoms with Crippen LogP contribution in [0.2, 0.25) is 0 Å². The Morgan fingerprint density at radius 3 is 1.56 bits per heavy atom. The third-order valence-electron chi connectivity index (χ3n) is 11.2. The maximum Gasteiger partial charge on any atom is 0.326 e. The van der Waals surface area contributed by atoms with Crippen LogP contribution in [0.5, 0.6) is 5.75 Å². The molecule has 0 aliphatic rings. The average molecular weight is 1000 g/mol. The largest absolute Gasteiger partial charge is 0.508 e. The van der Waals surface area contributed by atoms with E-state index in [1.54, 1.807) is 44.2 Å². The van der Waals surface area contributed by atoms with Gasteiger partial charge in [0.25, 0.3) is 0 Å². The van der Waals surface area contributed by atoms with Gasteiger partial charge in [0, 0.05) is 19.3 Å². The van der Waals surface area contributed by atoms with Crippen molar-refractivity contribution >= 4 is 59.2 Å². The van der Waals surface area contributed by atoms with Gasteiger partial charge < -0.3 is 80.0 Å². The molecule has 0 radical (unpaired) electrons. The predicted molar refractivity (Wildman–Crippen MR) is 253 cm³/mol. The minimum absolute atomic E-state index is 0.0993. The molecule has 0 fully saturated rings. The molecule has 0 heterocycles. The van der Waals surface area contributed by atoms with Crippen LogP contribution in [-0.2, 0) is 60.8 Å². The second kappa shape index (κ2) is 30.4. The van der Waals surface area contributed by atoms with E-state index in [9.17, 15) is 68.4 Å². The van der Waals surface area contributed by atoms with E-state index in [0.29, 0.717) is 24.0 Å². The highest BCUT2D eigenvalue weighted by atomic mass is 16.4. The molecular weight excluding hydrogens is 933 g/mol. The van der Waals surface area contributed by atoms with E-state index in [4.69, 9.17) is 22.3 Å². The summed E-state index contributed by atoms with van der Waals surface area (Å²) in [5.41, 5.74) is 17.5. The van der Waals surface area contributed by atoms with E-state index < -0.39 is 133 Å². The fourth-order valence-electron chi connectivity index (χ4n) is 6.88. The maximum absolute atomic E-state index is 14.3. The van der Waals surface area contributed by atoms with Crippen LogP contribution < -0.4 is 54.4 Å². The summed E-state index contributed by atoms with van der Waals surface area (Å²) in [5, 5.41) is 66.4. The van der Waals surface area contributed by atoms with Crippen LogP contribution >= 0.6 is 0 Å². The highest BCUT2D eigenvalue weighted by Crippen LogP contribution is 2.14. The van der Waals surface area contributed by atoms with Gasteiger partial charge >= 0.3 is 11.9 Å². The SMILES string of the molecule is CC[C@H](C)[C@H](NC(=O)[C@@H](N)CC(=O)O)C(=O)N[C@@H](CO)C(=O)N[C@H](C(=O)N[C@@H](CCCCN)C(=O)N[C@@H](Cc1ccc(O)cc1)C(=O)N[C@@H](Cc1ccccc1)C(=O)N[C@@H](CCC(N)=O)C(=O)O)[C@@H](C)O. The summed E-state index contributed by atoms with van der Waals surface area (Å²) < 4.78 is 0. The number of aliphatic hydroxyl groups excluding tert-OH is 2. The Bertz CT molecular complexity index is 2130. The molecule has 392 valence electrons. The number of hydrogen-bond acceptors (Lipinski definition) is 15. The molecule has 10 atom stereocenters. The Balaban J connectivity index is 2.45. The quantitative estimate of drug-likeness (QED) is 0.0313. The van der Waals surface area contributed by atoms with Gasteiger partial charge in [0.05, 0.1) is 25.2 Å². The van der Waals surface area contributed by atoms with Gasteiger partial charge in [-0.25, -0.2) is 4.79 Å². The van der Waals surface area contributed by atoms with Crippen LogP contribution in [0.25, 0.3) is 0 Å². The zero-order valence-corrected chi connectivity index (χ0v) is 39.8. The second-order valence-electron chi connectivity index (χ2n) is 17.0. The smallest absolute Gasteiger partial charge is 0.326 e. The van der Waals surface area contributed by atoms with Gasteiger partial charge in [0.2, 0.25) is 47.3 Å². The lowest BCUT2D eigenvalue weighted by Crippen LogP contribution is -2.62. The first-order valence-corrected chi connectivity index (χ1v) is 22.9. The molecular formula is C46H68N10O15. The second-order valence-corrected chi connectivity index (χ2v) is 17.0. The topological polar surface area (TPSA) is 434 Å². The zero-order valence-electron chi connectivity index (χ0n) is 39.8. The Morgan fingerprint density at radius 2 is 1.07 bits per heavy atom. The molecule has 8 amide bonds. The molecule has 2 rings (SSSR count). The standard InChI is InChI=1S/C46H68N10O15/c1-4-24(2)37(55-39(63)29(48)22-36(61)62)44(68)54-34(23-57)43(67)56-38(25(3)58)45(69)50-30(12-8-9-19-47)40(64)52-33(21-27-13-15-28(59)16-14-27)42(66)53-32(20-26-10-6-5-7-11-26)41(65)51-31(46(70)71)17-18-35(49)60/h5-7,10-11,13-16,24-25,29-34,37-38,57-59H,4,8-9,12,17-23,47-48H2,1-3H3,(H2,49,60)(H,50,69)(H,51,65)(H,52,64)(H,53,66)(H,54,68)(H,55,63)(H,56,67)(H,61,62)(H,70,71)/t24-,25+,29-,30-,31-,32-,33-,34-,37-,38-/m0/s1. The first kappa shape index (κ1) is 59.9. The lowest BCUT2D eigenvalue weighted by atomic mass is 9.97. The summed E-state index contributed by atoms with van der Waals surface area (Å²) in [6, 6.07) is 1.42. The number of aromatic hydroxyl groups is 1. The molecule has 0 saturated carbocycles. The number of phenolic OH excluding ortho intramolecular Hbond substituents is 1. The number of carboxylic acid groups (broad SMARTS) is 2. The van der Waals surface area contributed by atoms with Crippen molar-refractivity contribution in [1.29, 1.82) is 0 Å². The first-order valence-electron chi connectivity index (χ1n) is 22.9. The van der Waals surface area contributed by atoms with Gasteiger partial charge in [-0.3, -0.25) is 43.2 Å². The summed E-state index contributed by atoms with van der Waals surface area (Å²) in [5.74, 6) is -11.4. The van der Waals surface area contributed by atoms with Gasteiger partial charge in [-0.1, -0.05) is 62.7 Å². The van der Waals surface area contributed by atoms with Crippen molar-refractivity contribution in [3.05, 3.63) is 65.7 Å². The van der Waals surface area contributed by atoms with E-state index in [-0.39, 0.29) is 50.8 Å². The number of phenols is 1.